The minimum Gasteiger partial charge on any atom is -0.493 e. The molecular weight excluding hydrogens is 314 g/mol. The summed E-state index contributed by atoms with van der Waals surface area (Å²) in [4.78, 5) is 0. The molecule has 2 aromatic rings. The molecule has 0 spiro atoms. The van der Waals surface area contributed by atoms with Crippen LogP contribution in [0.4, 0.5) is 4.39 Å². The van der Waals surface area contributed by atoms with Crippen molar-refractivity contribution in [1.29, 1.82) is 0 Å². The van der Waals surface area contributed by atoms with Gasteiger partial charge in [-0.1, -0.05) is 17.7 Å². The highest BCUT2D eigenvalue weighted by molar-refractivity contribution is 6.31. The van der Waals surface area contributed by atoms with E-state index in [-0.39, 0.29) is 5.02 Å². The number of benzene rings is 2. The maximum atomic E-state index is 13.2. The molecule has 0 aliphatic rings. The van der Waals surface area contributed by atoms with E-state index in [1.54, 1.807) is 20.3 Å². The van der Waals surface area contributed by atoms with Gasteiger partial charge in [0.2, 0.25) is 0 Å². The van der Waals surface area contributed by atoms with Crippen molar-refractivity contribution in [2.45, 2.75) is 12.3 Å². The van der Waals surface area contributed by atoms with Crippen LogP contribution in [0.2, 0.25) is 5.02 Å². The molecule has 0 amide bonds. The van der Waals surface area contributed by atoms with Gasteiger partial charge in [-0.05, 0) is 47.9 Å². The zero-order valence-electron chi connectivity index (χ0n) is 11.9. The summed E-state index contributed by atoms with van der Waals surface area (Å²) < 4.78 is 23.8. The smallest absolute Gasteiger partial charge is 0.161 e. The van der Waals surface area contributed by atoms with Gasteiger partial charge >= 0.3 is 0 Å². The van der Waals surface area contributed by atoms with Gasteiger partial charge < -0.3 is 9.47 Å². The molecule has 0 heterocycles. The third kappa shape index (κ3) is 3.25. The van der Waals surface area contributed by atoms with Crippen LogP contribution >= 0.6 is 23.2 Å². The number of hydrogen-bond acceptors (Lipinski definition) is 2. The van der Waals surface area contributed by atoms with Gasteiger partial charge in [-0.2, -0.15) is 0 Å². The molecule has 0 radical (unpaired) electrons. The SMILES string of the molecule is COc1cc(C)c(C(Cl)c2ccc(F)c(Cl)c2)cc1OC. The van der Waals surface area contributed by atoms with E-state index < -0.39 is 11.2 Å². The van der Waals surface area contributed by atoms with E-state index in [1.165, 1.54) is 12.1 Å². The van der Waals surface area contributed by atoms with Gasteiger partial charge in [0, 0.05) is 0 Å². The number of ether oxygens (including phenoxy) is 2. The van der Waals surface area contributed by atoms with Crippen molar-refractivity contribution in [2.24, 2.45) is 0 Å². The number of methoxy groups -OCH3 is 2. The fourth-order valence-electron chi connectivity index (χ4n) is 2.12. The molecule has 0 aromatic heterocycles. The second kappa shape index (κ2) is 6.54. The summed E-state index contributed by atoms with van der Waals surface area (Å²) in [7, 11) is 3.14. The Bertz CT molecular complexity index is 659. The van der Waals surface area contributed by atoms with E-state index in [9.17, 15) is 4.39 Å². The molecule has 0 bridgehead atoms. The lowest BCUT2D eigenvalue weighted by Gasteiger charge is -2.17. The summed E-state index contributed by atoms with van der Waals surface area (Å²) in [6, 6.07) is 8.14. The second-order valence-corrected chi connectivity index (χ2v) is 5.44. The van der Waals surface area contributed by atoms with Crippen LogP contribution in [-0.4, -0.2) is 14.2 Å². The molecule has 0 saturated carbocycles. The first-order chi connectivity index (χ1) is 9.97. The molecule has 2 rings (SSSR count). The molecule has 5 heteroatoms. The van der Waals surface area contributed by atoms with Crippen molar-refractivity contribution in [3.8, 4) is 11.5 Å². The van der Waals surface area contributed by atoms with Gasteiger partial charge in [0.05, 0.1) is 24.6 Å². The quantitative estimate of drug-likeness (QED) is 0.724. The topological polar surface area (TPSA) is 18.5 Å². The first kappa shape index (κ1) is 15.9. The minimum atomic E-state index is -0.465. The van der Waals surface area contributed by atoms with E-state index in [1.807, 2.05) is 19.1 Å². The van der Waals surface area contributed by atoms with Gasteiger partial charge in [-0.3, -0.25) is 0 Å². The van der Waals surface area contributed by atoms with Crippen molar-refractivity contribution in [1.82, 2.24) is 0 Å². The number of halogens is 3. The fourth-order valence-corrected chi connectivity index (χ4v) is 2.68. The molecule has 0 aliphatic carbocycles. The van der Waals surface area contributed by atoms with Crippen molar-refractivity contribution in [3.63, 3.8) is 0 Å². The number of rotatable bonds is 4. The maximum absolute atomic E-state index is 13.2. The summed E-state index contributed by atoms with van der Waals surface area (Å²) >= 11 is 12.3. The van der Waals surface area contributed by atoms with Crippen LogP contribution in [-0.2, 0) is 0 Å². The van der Waals surface area contributed by atoms with Gasteiger partial charge in [-0.25, -0.2) is 4.39 Å². The Hall–Kier alpha value is -1.45. The number of alkyl halides is 1. The van der Waals surface area contributed by atoms with Crippen molar-refractivity contribution < 1.29 is 13.9 Å². The molecule has 0 aliphatic heterocycles. The summed E-state index contributed by atoms with van der Waals surface area (Å²) in [5, 5.41) is -0.404. The molecule has 21 heavy (non-hydrogen) atoms. The Morgan fingerprint density at radius 3 is 2.24 bits per heavy atom. The lowest BCUT2D eigenvalue weighted by Crippen LogP contribution is -2.00. The van der Waals surface area contributed by atoms with Crippen molar-refractivity contribution in [2.75, 3.05) is 14.2 Å². The first-order valence-corrected chi connectivity index (χ1v) is 7.11. The monoisotopic (exact) mass is 328 g/mol. The average molecular weight is 329 g/mol. The van der Waals surface area contributed by atoms with Crippen LogP contribution in [0, 0.1) is 12.7 Å². The zero-order chi connectivity index (χ0) is 15.6. The van der Waals surface area contributed by atoms with Gasteiger partial charge in [0.15, 0.2) is 11.5 Å². The standard InChI is InChI=1S/C16H15Cl2FO2/c1-9-6-14(20-2)15(21-3)8-11(9)16(18)10-4-5-13(19)12(17)7-10/h4-8,16H,1-3H3. The molecular formula is C16H15Cl2FO2. The first-order valence-electron chi connectivity index (χ1n) is 6.29. The Morgan fingerprint density at radius 1 is 1.05 bits per heavy atom. The predicted octanol–water partition coefficient (Wildman–Crippen LogP) is 5.13. The van der Waals surface area contributed by atoms with Crippen LogP contribution < -0.4 is 9.47 Å². The maximum Gasteiger partial charge on any atom is 0.161 e. The molecule has 2 aromatic carbocycles. The molecule has 2 nitrogen and oxygen atoms in total. The Kier molecular flexibility index (Phi) is 4.96. The fraction of sp³-hybridized carbons (Fsp3) is 0.250. The summed E-state index contributed by atoms with van der Waals surface area (Å²) in [5.74, 6) is 0.769. The van der Waals surface area contributed by atoms with Crippen LogP contribution in [0.5, 0.6) is 11.5 Å². The van der Waals surface area contributed by atoms with Crippen LogP contribution in [0.1, 0.15) is 22.1 Å². The van der Waals surface area contributed by atoms with Crippen LogP contribution in [0.15, 0.2) is 30.3 Å². The second-order valence-electron chi connectivity index (χ2n) is 4.60. The normalized spacial score (nSPS) is 12.1. The minimum absolute atomic E-state index is 0.0521. The van der Waals surface area contributed by atoms with E-state index in [0.29, 0.717) is 11.5 Å². The molecule has 112 valence electrons. The highest BCUT2D eigenvalue weighted by Gasteiger charge is 2.18. The summed E-state index contributed by atoms with van der Waals surface area (Å²) in [6.07, 6.45) is 0. The highest BCUT2D eigenvalue weighted by atomic mass is 35.5. The average Bonchev–Trinajstić information content (AvgIpc) is 2.49. The number of aryl methyl sites for hydroxylation is 1. The zero-order valence-corrected chi connectivity index (χ0v) is 13.4. The van der Waals surface area contributed by atoms with E-state index in [4.69, 9.17) is 32.7 Å². The largest absolute Gasteiger partial charge is 0.493 e. The molecule has 1 atom stereocenters. The van der Waals surface area contributed by atoms with Gasteiger partial charge in [-0.15, -0.1) is 11.6 Å². The predicted molar refractivity (Wildman–Crippen MR) is 83.4 cm³/mol. The molecule has 0 N–H and O–H groups in total. The van der Waals surface area contributed by atoms with E-state index in [0.717, 1.165) is 16.7 Å². The molecule has 0 fully saturated rings. The Balaban J connectivity index is 2.47. The lowest BCUT2D eigenvalue weighted by molar-refractivity contribution is 0.354. The molecule has 0 saturated heterocycles. The van der Waals surface area contributed by atoms with Crippen LogP contribution in [0.3, 0.4) is 0 Å². The Labute approximate surface area is 133 Å². The van der Waals surface area contributed by atoms with Crippen molar-refractivity contribution in [3.05, 3.63) is 57.9 Å². The van der Waals surface area contributed by atoms with E-state index in [2.05, 4.69) is 0 Å². The van der Waals surface area contributed by atoms with E-state index >= 15 is 0 Å². The third-order valence-electron chi connectivity index (χ3n) is 3.28. The summed E-state index contributed by atoms with van der Waals surface area (Å²) in [6.45, 7) is 1.93. The van der Waals surface area contributed by atoms with Gasteiger partial charge in [0.25, 0.3) is 0 Å². The molecule has 1 unspecified atom stereocenters. The Morgan fingerprint density at radius 2 is 1.67 bits per heavy atom. The van der Waals surface area contributed by atoms with Crippen molar-refractivity contribution >= 4 is 23.2 Å². The van der Waals surface area contributed by atoms with Crippen LogP contribution in [0.25, 0.3) is 0 Å². The lowest BCUT2D eigenvalue weighted by atomic mass is 9.99. The van der Waals surface area contributed by atoms with Gasteiger partial charge in [0.1, 0.15) is 5.82 Å². The number of hydrogen-bond donors (Lipinski definition) is 0. The highest BCUT2D eigenvalue weighted by Crippen LogP contribution is 2.38. The summed E-state index contributed by atoms with van der Waals surface area (Å²) in [5.41, 5.74) is 2.53. The third-order valence-corrected chi connectivity index (χ3v) is 4.06.